The van der Waals surface area contributed by atoms with Gasteiger partial charge in [0.15, 0.2) is 0 Å². The fraction of sp³-hybridized carbons (Fsp3) is 0.529. The first-order valence-electron chi connectivity index (χ1n) is 7.48. The number of methoxy groups -OCH3 is 1. The number of carbonyl (C=O) groups is 2. The van der Waals surface area contributed by atoms with Crippen molar-refractivity contribution in [2.24, 2.45) is 0 Å². The van der Waals surface area contributed by atoms with Crippen LogP contribution in [0, 0.1) is 6.92 Å². The smallest absolute Gasteiger partial charge is 0.254 e. The summed E-state index contributed by atoms with van der Waals surface area (Å²) in [6.07, 6.45) is 3.45. The third-order valence-electron chi connectivity index (χ3n) is 4.07. The molecule has 1 fully saturated rings. The Balaban J connectivity index is 2.22. The SMILES string of the molecule is COc1cc(C(=O)N2CCCCC2CC(C)=O)ccc1C. The molecule has 0 aromatic heterocycles. The van der Waals surface area contributed by atoms with Gasteiger partial charge in [-0.2, -0.15) is 0 Å². The van der Waals surface area contributed by atoms with Crippen molar-refractivity contribution in [2.45, 2.75) is 45.6 Å². The minimum absolute atomic E-state index is 0.000694. The molecule has 1 aromatic carbocycles. The third-order valence-corrected chi connectivity index (χ3v) is 4.07. The van der Waals surface area contributed by atoms with Crippen LogP contribution < -0.4 is 4.74 Å². The molecule has 0 aliphatic carbocycles. The van der Waals surface area contributed by atoms with E-state index in [9.17, 15) is 9.59 Å². The van der Waals surface area contributed by atoms with Gasteiger partial charge in [-0.3, -0.25) is 9.59 Å². The summed E-state index contributed by atoms with van der Waals surface area (Å²) in [5.41, 5.74) is 1.64. The molecule has 4 heteroatoms. The van der Waals surface area contributed by atoms with Gasteiger partial charge in [-0.25, -0.2) is 0 Å². The van der Waals surface area contributed by atoms with Gasteiger partial charge in [0, 0.05) is 24.6 Å². The molecule has 1 saturated heterocycles. The number of hydrogen-bond donors (Lipinski definition) is 0. The van der Waals surface area contributed by atoms with Crippen LogP contribution in [0.1, 0.15) is 48.5 Å². The second-order valence-electron chi connectivity index (χ2n) is 5.74. The second-order valence-corrected chi connectivity index (χ2v) is 5.74. The molecule has 0 spiro atoms. The van der Waals surface area contributed by atoms with Crippen LogP contribution in [-0.2, 0) is 4.79 Å². The van der Waals surface area contributed by atoms with Crippen molar-refractivity contribution in [3.8, 4) is 5.75 Å². The van der Waals surface area contributed by atoms with Gasteiger partial charge in [0.25, 0.3) is 5.91 Å². The molecule has 1 aliphatic heterocycles. The number of ether oxygens (including phenoxy) is 1. The highest BCUT2D eigenvalue weighted by atomic mass is 16.5. The van der Waals surface area contributed by atoms with Gasteiger partial charge >= 0.3 is 0 Å². The van der Waals surface area contributed by atoms with Crippen molar-refractivity contribution in [3.05, 3.63) is 29.3 Å². The van der Waals surface area contributed by atoms with Gasteiger partial charge in [0.05, 0.1) is 7.11 Å². The zero-order chi connectivity index (χ0) is 15.4. The largest absolute Gasteiger partial charge is 0.496 e. The van der Waals surface area contributed by atoms with Crippen molar-refractivity contribution in [3.63, 3.8) is 0 Å². The maximum atomic E-state index is 12.7. The van der Waals surface area contributed by atoms with E-state index in [2.05, 4.69) is 0 Å². The molecule has 1 aliphatic rings. The number of amides is 1. The standard InChI is InChI=1S/C17H23NO3/c1-12-7-8-14(11-16(12)21-3)17(20)18-9-5-4-6-15(18)10-13(2)19/h7-8,11,15H,4-6,9-10H2,1-3H3. The number of nitrogens with zero attached hydrogens (tertiary/aromatic N) is 1. The number of carbonyl (C=O) groups excluding carboxylic acids is 2. The summed E-state index contributed by atoms with van der Waals surface area (Å²) in [7, 11) is 1.61. The lowest BCUT2D eigenvalue weighted by atomic mass is 9.96. The monoisotopic (exact) mass is 289 g/mol. The van der Waals surface area contributed by atoms with E-state index in [1.165, 1.54) is 0 Å². The van der Waals surface area contributed by atoms with Crippen LogP contribution in [0.15, 0.2) is 18.2 Å². The summed E-state index contributed by atoms with van der Waals surface area (Å²) in [5, 5.41) is 0. The maximum absolute atomic E-state index is 12.7. The fourth-order valence-electron chi connectivity index (χ4n) is 2.93. The summed E-state index contributed by atoms with van der Waals surface area (Å²) < 4.78 is 5.29. The lowest BCUT2D eigenvalue weighted by Crippen LogP contribution is -2.44. The molecule has 21 heavy (non-hydrogen) atoms. The zero-order valence-corrected chi connectivity index (χ0v) is 13.0. The lowest BCUT2D eigenvalue weighted by molar-refractivity contribution is -0.118. The highest BCUT2D eigenvalue weighted by Gasteiger charge is 2.28. The predicted octanol–water partition coefficient (Wildman–Crippen LogP) is 2.98. The Labute approximate surface area is 126 Å². The van der Waals surface area contributed by atoms with Gasteiger partial charge in [-0.1, -0.05) is 6.07 Å². The Morgan fingerprint density at radius 2 is 2.10 bits per heavy atom. The minimum Gasteiger partial charge on any atom is -0.496 e. The first-order valence-corrected chi connectivity index (χ1v) is 7.48. The van der Waals surface area contributed by atoms with Crippen molar-refractivity contribution in [1.82, 2.24) is 4.90 Å². The first-order chi connectivity index (χ1) is 10.0. The van der Waals surface area contributed by atoms with E-state index in [4.69, 9.17) is 4.74 Å². The highest BCUT2D eigenvalue weighted by Crippen LogP contribution is 2.25. The second kappa shape index (κ2) is 6.74. The van der Waals surface area contributed by atoms with Crippen LogP contribution in [0.25, 0.3) is 0 Å². The Kier molecular flexibility index (Phi) is 4.99. The normalized spacial score (nSPS) is 18.4. The van der Waals surface area contributed by atoms with Crippen LogP contribution in [0.5, 0.6) is 5.75 Å². The van der Waals surface area contributed by atoms with Crippen LogP contribution in [0.3, 0.4) is 0 Å². The number of hydrogen-bond acceptors (Lipinski definition) is 3. The van der Waals surface area contributed by atoms with Crippen molar-refractivity contribution in [1.29, 1.82) is 0 Å². The van der Waals surface area contributed by atoms with E-state index in [0.29, 0.717) is 12.0 Å². The summed E-state index contributed by atoms with van der Waals surface area (Å²) >= 11 is 0. The third kappa shape index (κ3) is 3.63. The summed E-state index contributed by atoms with van der Waals surface area (Å²) in [6, 6.07) is 5.56. The quantitative estimate of drug-likeness (QED) is 0.856. The Morgan fingerprint density at radius 1 is 1.33 bits per heavy atom. The van der Waals surface area contributed by atoms with Crippen LogP contribution in [-0.4, -0.2) is 36.3 Å². The summed E-state index contributed by atoms with van der Waals surface area (Å²) in [6.45, 7) is 4.27. The topological polar surface area (TPSA) is 46.6 Å². The van der Waals surface area contributed by atoms with Gasteiger partial charge in [-0.05, 0) is 50.8 Å². The van der Waals surface area contributed by atoms with Crippen molar-refractivity contribution >= 4 is 11.7 Å². The predicted molar refractivity (Wildman–Crippen MR) is 81.7 cm³/mol. The molecule has 114 valence electrons. The number of benzene rings is 1. The average Bonchev–Trinajstić information content (AvgIpc) is 2.47. The number of Topliss-reactive ketones (excluding diaryl/α,β-unsaturated/α-hetero) is 1. The highest BCUT2D eigenvalue weighted by molar-refractivity contribution is 5.95. The number of ketones is 1. The zero-order valence-electron chi connectivity index (χ0n) is 13.0. The number of piperidine rings is 1. The van der Waals surface area contributed by atoms with Crippen molar-refractivity contribution in [2.75, 3.05) is 13.7 Å². The van der Waals surface area contributed by atoms with Gasteiger partial charge in [0.1, 0.15) is 11.5 Å². The molecule has 1 amide bonds. The van der Waals surface area contributed by atoms with Gasteiger partial charge in [-0.15, -0.1) is 0 Å². The van der Waals surface area contributed by atoms with Gasteiger partial charge < -0.3 is 9.64 Å². The van der Waals surface area contributed by atoms with Crippen molar-refractivity contribution < 1.29 is 14.3 Å². The van der Waals surface area contributed by atoms with Crippen LogP contribution in [0.2, 0.25) is 0 Å². The molecule has 0 N–H and O–H groups in total. The molecule has 1 heterocycles. The molecule has 2 rings (SSSR count). The minimum atomic E-state index is -0.000694. The van der Waals surface area contributed by atoms with Crippen LogP contribution in [0.4, 0.5) is 0 Å². The number of rotatable bonds is 4. The van der Waals surface area contributed by atoms with Gasteiger partial charge in [0.2, 0.25) is 0 Å². The Bertz CT molecular complexity index is 539. The Morgan fingerprint density at radius 3 is 2.76 bits per heavy atom. The molecule has 1 aromatic rings. The molecule has 1 unspecified atom stereocenters. The fourth-order valence-corrected chi connectivity index (χ4v) is 2.93. The molecular formula is C17H23NO3. The van der Waals surface area contributed by atoms with E-state index in [1.54, 1.807) is 20.1 Å². The molecule has 0 bridgehead atoms. The van der Waals surface area contributed by atoms with E-state index in [0.717, 1.165) is 37.1 Å². The van der Waals surface area contributed by atoms with E-state index < -0.39 is 0 Å². The molecular weight excluding hydrogens is 266 g/mol. The van der Waals surface area contributed by atoms with Crippen LogP contribution >= 0.6 is 0 Å². The first kappa shape index (κ1) is 15.5. The number of aryl methyl sites for hydroxylation is 1. The maximum Gasteiger partial charge on any atom is 0.254 e. The number of likely N-dealkylation sites (tertiary alicyclic amines) is 1. The van der Waals surface area contributed by atoms with E-state index >= 15 is 0 Å². The molecule has 0 saturated carbocycles. The summed E-state index contributed by atoms with van der Waals surface area (Å²) in [4.78, 5) is 26.0. The summed E-state index contributed by atoms with van der Waals surface area (Å²) in [5.74, 6) is 0.862. The van der Waals surface area contributed by atoms with E-state index in [-0.39, 0.29) is 17.7 Å². The molecule has 4 nitrogen and oxygen atoms in total. The Hall–Kier alpha value is -1.84. The molecule has 1 atom stereocenters. The molecule has 0 radical (unpaired) electrons. The lowest BCUT2D eigenvalue weighted by Gasteiger charge is -2.35. The van der Waals surface area contributed by atoms with E-state index in [1.807, 2.05) is 24.0 Å². The average molecular weight is 289 g/mol.